The summed E-state index contributed by atoms with van der Waals surface area (Å²) in [6.45, 7) is 0. The minimum absolute atomic E-state index is 0.676. The van der Waals surface area contributed by atoms with Gasteiger partial charge in [-0.05, 0) is 54.6 Å². The molecule has 0 unspecified atom stereocenters. The van der Waals surface area contributed by atoms with Crippen LogP contribution in [-0.4, -0.2) is 0 Å². The normalized spacial score (nSPS) is 12.0. The molecule has 0 amide bonds. The zero-order valence-corrected chi connectivity index (χ0v) is 20.0. The van der Waals surface area contributed by atoms with Crippen LogP contribution in [0.5, 0.6) is 23.0 Å². The highest BCUT2D eigenvalue weighted by Gasteiger charge is 2.22. The highest BCUT2D eigenvalue weighted by Crippen LogP contribution is 2.49. The van der Waals surface area contributed by atoms with E-state index >= 15 is 0 Å². The van der Waals surface area contributed by atoms with E-state index in [1.807, 2.05) is 66.7 Å². The molecule has 1 aliphatic rings. The Morgan fingerprint density at radius 1 is 0.543 bits per heavy atom. The number of para-hydroxylation sites is 3. The van der Waals surface area contributed by atoms with Crippen LogP contribution in [0.2, 0.25) is 5.02 Å². The summed E-state index contributed by atoms with van der Waals surface area (Å²) in [5.74, 6) is 2.79. The molecular weight excluding hydrogens is 474 g/mol. The molecule has 0 fully saturated rings. The molecule has 1 aliphatic heterocycles. The predicted octanol–water partition coefficient (Wildman–Crippen LogP) is 10.1. The Bertz CT molecular complexity index is 1730. The quantitative estimate of drug-likeness (QED) is 0.245. The second-order valence-electron chi connectivity index (χ2n) is 8.36. The SMILES string of the molecule is Clc1cc(N(c2ccccc2)c2ccc3c(c2)Oc2ccccc2O3)cc2c1sc1ccccc12. The van der Waals surface area contributed by atoms with Crippen molar-refractivity contribution in [3.63, 3.8) is 0 Å². The van der Waals surface area contributed by atoms with Crippen LogP contribution >= 0.6 is 22.9 Å². The molecule has 0 bridgehead atoms. The number of nitrogens with zero attached hydrogens (tertiary/aromatic N) is 1. The minimum Gasteiger partial charge on any atom is -0.450 e. The van der Waals surface area contributed by atoms with Gasteiger partial charge in [-0.25, -0.2) is 0 Å². The van der Waals surface area contributed by atoms with Crippen molar-refractivity contribution in [2.75, 3.05) is 4.90 Å². The van der Waals surface area contributed by atoms with Gasteiger partial charge in [-0.2, -0.15) is 0 Å². The summed E-state index contributed by atoms with van der Waals surface area (Å²) in [6, 6.07) is 36.7. The molecule has 0 N–H and O–H groups in total. The second kappa shape index (κ2) is 8.05. The van der Waals surface area contributed by atoms with Crippen molar-refractivity contribution in [2.24, 2.45) is 0 Å². The Morgan fingerprint density at radius 2 is 1.23 bits per heavy atom. The zero-order valence-electron chi connectivity index (χ0n) is 18.4. The summed E-state index contributed by atoms with van der Waals surface area (Å²) >= 11 is 8.59. The van der Waals surface area contributed by atoms with Crippen molar-refractivity contribution in [1.29, 1.82) is 0 Å². The maximum atomic E-state index is 6.86. The molecule has 0 atom stereocenters. The first-order valence-electron chi connectivity index (χ1n) is 11.3. The average molecular weight is 492 g/mol. The van der Waals surface area contributed by atoms with Crippen molar-refractivity contribution >= 4 is 60.2 Å². The number of anilines is 3. The monoisotopic (exact) mass is 491 g/mol. The van der Waals surface area contributed by atoms with Crippen LogP contribution in [-0.2, 0) is 0 Å². The lowest BCUT2D eigenvalue weighted by molar-refractivity contribution is 0.360. The lowest BCUT2D eigenvalue weighted by Crippen LogP contribution is -2.10. The molecule has 0 saturated heterocycles. The summed E-state index contributed by atoms with van der Waals surface area (Å²) in [7, 11) is 0. The fourth-order valence-corrected chi connectivity index (χ4v) is 6.00. The first-order chi connectivity index (χ1) is 17.2. The number of rotatable bonds is 3. The van der Waals surface area contributed by atoms with Gasteiger partial charge < -0.3 is 14.4 Å². The van der Waals surface area contributed by atoms with Crippen molar-refractivity contribution in [1.82, 2.24) is 0 Å². The summed E-state index contributed by atoms with van der Waals surface area (Å²) in [6.07, 6.45) is 0. The van der Waals surface area contributed by atoms with Gasteiger partial charge in [0.15, 0.2) is 23.0 Å². The highest BCUT2D eigenvalue weighted by atomic mass is 35.5. The van der Waals surface area contributed by atoms with Crippen molar-refractivity contribution in [2.45, 2.75) is 0 Å². The van der Waals surface area contributed by atoms with Crippen LogP contribution < -0.4 is 14.4 Å². The number of ether oxygens (including phenoxy) is 2. The fourth-order valence-electron chi connectivity index (χ4n) is 4.58. The Kier molecular flexibility index (Phi) is 4.69. The van der Waals surface area contributed by atoms with Crippen LogP contribution in [0.3, 0.4) is 0 Å². The minimum atomic E-state index is 0.676. The number of fused-ring (bicyclic) bond motifs is 5. The van der Waals surface area contributed by atoms with Gasteiger partial charge in [-0.3, -0.25) is 0 Å². The molecule has 0 saturated carbocycles. The van der Waals surface area contributed by atoms with Gasteiger partial charge in [-0.1, -0.05) is 60.1 Å². The topological polar surface area (TPSA) is 21.7 Å². The van der Waals surface area contributed by atoms with Crippen LogP contribution in [0.15, 0.2) is 109 Å². The highest BCUT2D eigenvalue weighted by molar-refractivity contribution is 7.26. The van der Waals surface area contributed by atoms with Crippen LogP contribution in [0.4, 0.5) is 17.1 Å². The van der Waals surface area contributed by atoms with Crippen LogP contribution in [0.25, 0.3) is 20.2 Å². The van der Waals surface area contributed by atoms with Gasteiger partial charge in [0.25, 0.3) is 0 Å². The van der Waals surface area contributed by atoms with Gasteiger partial charge in [-0.15, -0.1) is 11.3 Å². The summed E-state index contributed by atoms with van der Waals surface area (Å²) in [5.41, 5.74) is 2.96. The van der Waals surface area contributed by atoms with Gasteiger partial charge >= 0.3 is 0 Å². The summed E-state index contributed by atoms with van der Waals surface area (Å²) in [4.78, 5) is 2.20. The third kappa shape index (κ3) is 3.42. The summed E-state index contributed by atoms with van der Waals surface area (Å²) in [5, 5.41) is 3.11. The first kappa shape index (κ1) is 20.4. The summed E-state index contributed by atoms with van der Waals surface area (Å²) < 4.78 is 14.6. The third-order valence-corrected chi connectivity index (χ3v) is 7.79. The molecule has 3 nitrogen and oxygen atoms in total. The van der Waals surface area contributed by atoms with Crippen molar-refractivity contribution in [3.8, 4) is 23.0 Å². The van der Waals surface area contributed by atoms with Gasteiger partial charge in [0.1, 0.15) is 0 Å². The Hall–Kier alpha value is -3.99. The maximum absolute atomic E-state index is 6.86. The molecule has 35 heavy (non-hydrogen) atoms. The molecule has 7 rings (SSSR count). The number of halogens is 1. The van der Waals surface area contributed by atoms with E-state index in [1.54, 1.807) is 11.3 Å². The van der Waals surface area contributed by atoms with Gasteiger partial charge in [0.05, 0.1) is 15.4 Å². The van der Waals surface area contributed by atoms with E-state index in [2.05, 4.69) is 47.4 Å². The van der Waals surface area contributed by atoms with E-state index in [0.717, 1.165) is 32.2 Å². The second-order valence-corrected chi connectivity index (χ2v) is 9.81. The molecule has 0 spiro atoms. The van der Waals surface area contributed by atoms with Gasteiger partial charge in [0.2, 0.25) is 0 Å². The molecule has 6 aromatic rings. The van der Waals surface area contributed by atoms with E-state index in [4.69, 9.17) is 21.1 Å². The van der Waals surface area contributed by atoms with E-state index in [1.165, 1.54) is 10.1 Å². The van der Waals surface area contributed by atoms with Crippen molar-refractivity contribution < 1.29 is 9.47 Å². The van der Waals surface area contributed by atoms with E-state index in [9.17, 15) is 0 Å². The van der Waals surface area contributed by atoms with Crippen molar-refractivity contribution in [3.05, 3.63) is 114 Å². The lowest BCUT2D eigenvalue weighted by atomic mass is 10.1. The van der Waals surface area contributed by atoms with Crippen LogP contribution in [0, 0.1) is 0 Å². The number of hydrogen-bond donors (Lipinski definition) is 0. The smallest absolute Gasteiger partial charge is 0.172 e. The molecule has 5 heteroatoms. The standard InChI is InChI=1S/C30H18ClNO2S/c31-24-17-21(16-23-22-10-4-7-13-29(22)35-30(23)24)32(19-8-2-1-3-9-19)20-14-15-27-28(18-20)34-26-12-6-5-11-25(26)33-27/h1-18H. The molecule has 2 heterocycles. The maximum Gasteiger partial charge on any atom is 0.172 e. The molecular formula is C30H18ClNO2S. The molecule has 5 aromatic carbocycles. The molecule has 0 aliphatic carbocycles. The molecule has 1 aromatic heterocycles. The third-order valence-electron chi connectivity index (χ3n) is 6.16. The fraction of sp³-hybridized carbons (Fsp3) is 0. The Labute approximate surface area is 211 Å². The van der Waals surface area contributed by atoms with E-state index in [-0.39, 0.29) is 0 Å². The lowest BCUT2D eigenvalue weighted by Gasteiger charge is -2.28. The number of benzene rings is 5. The number of hydrogen-bond acceptors (Lipinski definition) is 4. The Balaban J connectivity index is 1.41. The van der Waals surface area contributed by atoms with Crippen LogP contribution in [0.1, 0.15) is 0 Å². The van der Waals surface area contributed by atoms with Gasteiger partial charge in [0, 0.05) is 32.9 Å². The molecule has 0 radical (unpaired) electrons. The predicted molar refractivity (Wildman–Crippen MR) is 146 cm³/mol. The molecule has 168 valence electrons. The zero-order chi connectivity index (χ0) is 23.4. The Morgan fingerprint density at radius 3 is 2.06 bits per heavy atom. The first-order valence-corrected chi connectivity index (χ1v) is 12.5. The van der Waals surface area contributed by atoms with E-state index in [0.29, 0.717) is 23.0 Å². The van der Waals surface area contributed by atoms with E-state index < -0.39 is 0 Å². The average Bonchev–Trinajstić information content (AvgIpc) is 3.28. The number of thiophene rings is 1. The largest absolute Gasteiger partial charge is 0.450 e.